The van der Waals surface area contributed by atoms with E-state index in [-0.39, 0.29) is 28.2 Å². The average molecular weight is 325 g/mol. The number of carbonyl (C=O) groups is 2. The van der Waals surface area contributed by atoms with E-state index >= 15 is 0 Å². The van der Waals surface area contributed by atoms with Gasteiger partial charge in [-0.3, -0.25) is 0 Å². The molecule has 0 amide bonds. The van der Waals surface area contributed by atoms with Crippen LogP contribution in [-0.4, -0.2) is 11.9 Å². The number of carbonyl (C=O) groups excluding carboxylic acids is 2. The summed E-state index contributed by atoms with van der Waals surface area (Å²) in [5.41, 5.74) is 2.55. The Morgan fingerprint density at radius 1 is 0.667 bits per heavy atom. The van der Waals surface area contributed by atoms with Crippen LogP contribution in [0.2, 0.25) is 0 Å². The van der Waals surface area contributed by atoms with Crippen molar-refractivity contribution >= 4 is 11.9 Å². The zero-order valence-electron chi connectivity index (χ0n) is 11.6. The molecule has 0 saturated carbocycles. The van der Waals surface area contributed by atoms with Gasteiger partial charge in [-0.25, -0.2) is 0 Å². The van der Waals surface area contributed by atoms with E-state index in [1.165, 1.54) is 24.3 Å². The maximum Gasteiger partial charge on any atom is 2.00 e. The Kier molecular flexibility index (Phi) is 8.05. The van der Waals surface area contributed by atoms with Crippen LogP contribution in [0.15, 0.2) is 48.5 Å². The van der Waals surface area contributed by atoms with Crippen LogP contribution >= 0.6 is 0 Å². The topological polar surface area (TPSA) is 80.3 Å². The summed E-state index contributed by atoms with van der Waals surface area (Å²) in [4.78, 5) is 20.4. The van der Waals surface area contributed by atoms with Crippen molar-refractivity contribution in [2.45, 2.75) is 13.8 Å². The smallest absolute Gasteiger partial charge is 0.545 e. The number of hydrogen-bond donors (Lipinski definition) is 0. The van der Waals surface area contributed by atoms with Crippen LogP contribution < -0.4 is 10.2 Å². The summed E-state index contributed by atoms with van der Waals surface area (Å²) >= 11 is 0. The quantitative estimate of drug-likeness (QED) is 0.762. The predicted octanol–water partition coefficient (Wildman–Crippen LogP) is 0.715. The molecular formula is C16H14MnO4. The van der Waals surface area contributed by atoms with Crippen molar-refractivity contribution in [1.29, 1.82) is 0 Å². The van der Waals surface area contributed by atoms with Gasteiger partial charge in [0, 0.05) is 0 Å². The summed E-state index contributed by atoms with van der Waals surface area (Å²) in [6, 6.07) is 13.1. The summed E-state index contributed by atoms with van der Waals surface area (Å²) in [5, 5.41) is 20.4. The molecule has 0 aromatic heterocycles. The van der Waals surface area contributed by atoms with Crippen LogP contribution in [0.25, 0.3) is 0 Å². The Balaban J connectivity index is 0.000000364. The SMILES string of the molecule is Cc1ccc(C(=O)[O-])cc1.Cc1ccc(C(=O)[O-])cc1.[Mn+2]. The van der Waals surface area contributed by atoms with E-state index in [1.807, 2.05) is 13.8 Å². The van der Waals surface area contributed by atoms with Crippen LogP contribution in [-0.2, 0) is 17.1 Å². The van der Waals surface area contributed by atoms with Crippen LogP contribution in [0, 0.1) is 13.8 Å². The molecule has 0 unspecified atom stereocenters. The van der Waals surface area contributed by atoms with E-state index in [0.717, 1.165) is 11.1 Å². The van der Waals surface area contributed by atoms with Gasteiger partial charge in [-0.05, 0) is 25.0 Å². The van der Waals surface area contributed by atoms with Crippen molar-refractivity contribution in [2.75, 3.05) is 0 Å². The molecule has 0 aliphatic heterocycles. The van der Waals surface area contributed by atoms with E-state index in [2.05, 4.69) is 0 Å². The Morgan fingerprint density at radius 2 is 0.905 bits per heavy atom. The van der Waals surface area contributed by atoms with Gasteiger partial charge in [0.2, 0.25) is 0 Å². The number of aryl methyl sites for hydroxylation is 2. The van der Waals surface area contributed by atoms with Gasteiger partial charge < -0.3 is 19.8 Å². The Labute approximate surface area is 133 Å². The number of carboxylic acids is 2. The second-order valence-corrected chi connectivity index (χ2v) is 4.31. The summed E-state index contributed by atoms with van der Waals surface area (Å²) in [6.45, 7) is 3.80. The van der Waals surface area contributed by atoms with Crippen molar-refractivity contribution in [3.8, 4) is 0 Å². The first-order valence-electron chi connectivity index (χ1n) is 5.96. The van der Waals surface area contributed by atoms with E-state index in [0.29, 0.717) is 0 Å². The monoisotopic (exact) mass is 325 g/mol. The normalized spacial score (nSPS) is 8.86. The zero-order chi connectivity index (χ0) is 15.1. The van der Waals surface area contributed by atoms with E-state index in [9.17, 15) is 19.8 Å². The third-order valence-electron chi connectivity index (χ3n) is 2.57. The van der Waals surface area contributed by atoms with Gasteiger partial charge in [-0.15, -0.1) is 0 Å². The Bertz CT molecular complexity index is 533. The number of aromatic carboxylic acids is 2. The predicted molar refractivity (Wildman–Crippen MR) is 71.0 cm³/mol. The Hall–Kier alpha value is -2.10. The molecule has 0 N–H and O–H groups in total. The molecule has 1 radical (unpaired) electrons. The molecule has 4 nitrogen and oxygen atoms in total. The minimum absolute atomic E-state index is 0. The van der Waals surface area contributed by atoms with Gasteiger partial charge in [0.1, 0.15) is 0 Å². The van der Waals surface area contributed by atoms with Gasteiger partial charge in [0.15, 0.2) is 0 Å². The zero-order valence-corrected chi connectivity index (χ0v) is 12.8. The largest absolute Gasteiger partial charge is 2.00 e. The first-order chi connectivity index (χ1) is 9.40. The Morgan fingerprint density at radius 3 is 1.10 bits per heavy atom. The number of rotatable bonds is 2. The molecular weight excluding hydrogens is 311 g/mol. The molecule has 0 fully saturated rings. The first-order valence-corrected chi connectivity index (χ1v) is 5.96. The van der Waals surface area contributed by atoms with Gasteiger partial charge in [-0.2, -0.15) is 0 Å². The van der Waals surface area contributed by atoms with Crippen molar-refractivity contribution < 1.29 is 36.9 Å². The summed E-state index contributed by atoms with van der Waals surface area (Å²) in [7, 11) is 0. The molecule has 0 spiro atoms. The molecule has 0 saturated heterocycles. The van der Waals surface area contributed by atoms with Gasteiger partial charge in [-0.1, -0.05) is 59.7 Å². The van der Waals surface area contributed by atoms with Crippen LogP contribution in [0.5, 0.6) is 0 Å². The van der Waals surface area contributed by atoms with Crippen molar-refractivity contribution in [2.24, 2.45) is 0 Å². The fourth-order valence-corrected chi connectivity index (χ4v) is 1.38. The molecule has 0 aliphatic rings. The maximum atomic E-state index is 10.2. The number of carboxylic acid groups (broad SMARTS) is 2. The van der Waals surface area contributed by atoms with E-state index < -0.39 is 11.9 Å². The first kappa shape index (κ1) is 18.9. The van der Waals surface area contributed by atoms with Gasteiger partial charge in [0.25, 0.3) is 0 Å². The minimum Gasteiger partial charge on any atom is -0.545 e. The second kappa shape index (κ2) is 8.95. The summed E-state index contributed by atoms with van der Waals surface area (Å²) in [5.74, 6) is -2.25. The third kappa shape index (κ3) is 6.75. The number of hydrogen-bond acceptors (Lipinski definition) is 4. The third-order valence-corrected chi connectivity index (χ3v) is 2.57. The molecule has 0 bridgehead atoms. The molecule has 2 rings (SSSR count). The average Bonchev–Trinajstić information content (AvgIpc) is 2.40. The maximum absolute atomic E-state index is 10.2. The molecule has 2 aromatic rings. The fraction of sp³-hybridized carbons (Fsp3) is 0.125. The summed E-state index contributed by atoms with van der Waals surface area (Å²) < 4.78 is 0. The van der Waals surface area contributed by atoms with Crippen LogP contribution in [0.1, 0.15) is 31.8 Å². The van der Waals surface area contributed by atoms with E-state index in [1.54, 1.807) is 24.3 Å². The molecule has 0 atom stereocenters. The fourth-order valence-electron chi connectivity index (χ4n) is 1.38. The number of benzene rings is 2. The summed E-state index contributed by atoms with van der Waals surface area (Å²) in [6.07, 6.45) is 0. The molecule has 2 aromatic carbocycles. The van der Waals surface area contributed by atoms with Crippen molar-refractivity contribution in [1.82, 2.24) is 0 Å². The minimum atomic E-state index is -1.12. The van der Waals surface area contributed by atoms with Gasteiger partial charge in [0.05, 0.1) is 11.9 Å². The van der Waals surface area contributed by atoms with Crippen LogP contribution in [0.3, 0.4) is 0 Å². The molecule has 5 heteroatoms. The van der Waals surface area contributed by atoms with Gasteiger partial charge >= 0.3 is 17.1 Å². The standard InChI is InChI=1S/2C8H8O2.Mn/c2*1-6-2-4-7(5-3-6)8(9)10;/h2*2-5H,1H3,(H,9,10);/q;;+2/p-2. The van der Waals surface area contributed by atoms with E-state index in [4.69, 9.17) is 0 Å². The second-order valence-electron chi connectivity index (χ2n) is 4.31. The van der Waals surface area contributed by atoms with Crippen molar-refractivity contribution in [3.05, 3.63) is 70.8 Å². The van der Waals surface area contributed by atoms with Crippen molar-refractivity contribution in [3.63, 3.8) is 0 Å². The molecule has 0 aliphatic carbocycles. The molecule has 0 heterocycles. The molecule has 109 valence electrons. The van der Waals surface area contributed by atoms with Crippen LogP contribution in [0.4, 0.5) is 0 Å². The molecule has 21 heavy (non-hydrogen) atoms.